The highest BCUT2D eigenvalue weighted by atomic mass is 16.2. The molecule has 0 heterocycles. The van der Waals surface area contributed by atoms with Crippen molar-refractivity contribution in [2.24, 2.45) is 0 Å². The van der Waals surface area contributed by atoms with Crippen molar-refractivity contribution in [1.82, 2.24) is 5.32 Å². The molecular weight excluding hydrogens is 352 g/mol. The average Bonchev–Trinajstić information content (AvgIpc) is 2.68. The number of amides is 2. The summed E-state index contributed by atoms with van der Waals surface area (Å²) in [4.78, 5) is 36.3. The highest BCUT2D eigenvalue weighted by Crippen LogP contribution is 2.19. The molecule has 0 aromatic heterocycles. The van der Waals surface area contributed by atoms with Crippen LogP contribution in [0.5, 0.6) is 0 Å². The summed E-state index contributed by atoms with van der Waals surface area (Å²) in [5.74, 6) is -0.643. The fourth-order valence-corrected chi connectivity index (χ4v) is 3.04. The van der Waals surface area contributed by atoms with Crippen LogP contribution in [0.3, 0.4) is 0 Å². The van der Waals surface area contributed by atoms with E-state index in [1.807, 2.05) is 42.5 Å². The maximum atomic E-state index is 12.4. The van der Waals surface area contributed by atoms with Gasteiger partial charge in [0.25, 0.3) is 0 Å². The Labute approximate surface area is 163 Å². The number of hydrogen-bond donors (Lipinski definition) is 2. The molecule has 3 rings (SSSR count). The molecule has 0 saturated heterocycles. The third kappa shape index (κ3) is 4.62. The smallest absolute Gasteiger partial charge is 0.246 e. The third-order valence-electron chi connectivity index (χ3n) is 4.54. The van der Waals surface area contributed by atoms with Gasteiger partial charge in [-0.1, -0.05) is 54.6 Å². The van der Waals surface area contributed by atoms with Crippen LogP contribution in [0.4, 0.5) is 5.69 Å². The second-order valence-corrected chi connectivity index (χ2v) is 6.73. The zero-order valence-corrected chi connectivity index (χ0v) is 15.9. The summed E-state index contributed by atoms with van der Waals surface area (Å²) in [5.41, 5.74) is 1.95. The van der Waals surface area contributed by atoms with Crippen molar-refractivity contribution >= 4 is 34.1 Å². The van der Waals surface area contributed by atoms with Gasteiger partial charge in [0.2, 0.25) is 11.8 Å². The fraction of sp³-hybridized carbons (Fsp3) is 0.174. The van der Waals surface area contributed by atoms with Gasteiger partial charge in [0.1, 0.15) is 6.04 Å². The van der Waals surface area contributed by atoms with Gasteiger partial charge < -0.3 is 10.6 Å². The Balaban J connectivity index is 1.63. The quantitative estimate of drug-likeness (QED) is 0.646. The molecule has 0 saturated carbocycles. The molecule has 3 aromatic carbocycles. The molecule has 0 spiro atoms. The SMILES string of the molecule is CC(=O)c1cccc(NC(=O)C(C)NC(=O)Cc2cccc3ccccc23)c1. The van der Waals surface area contributed by atoms with Crippen LogP contribution in [-0.4, -0.2) is 23.6 Å². The Bertz CT molecular complexity index is 1040. The van der Waals surface area contributed by atoms with Crippen LogP contribution < -0.4 is 10.6 Å². The van der Waals surface area contributed by atoms with E-state index < -0.39 is 6.04 Å². The first kappa shape index (κ1) is 19.3. The minimum absolute atomic E-state index is 0.0764. The largest absolute Gasteiger partial charge is 0.344 e. The lowest BCUT2D eigenvalue weighted by molar-refractivity contribution is -0.125. The molecule has 1 atom stereocenters. The van der Waals surface area contributed by atoms with E-state index in [1.165, 1.54) is 6.92 Å². The first-order valence-electron chi connectivity index (χ1n) is 9.12. The molecule has 0 radical (unpaired) electrons. The van der Waals surface area contributed by atoms with E-state index in [1.54, 1.807) is 31.2 Å². The molecule has 142 valence electrons. The van der Waals surface area contributed by atoms with Crippen molar-refractivity contribution in [1.29, 1.82) is 0 Å². The number of rotatable bonds is 6. The Hall–Kier alpha value is -3.47. The summed E-state index contributed by atoms with van der Waals surface area (Å²) < 4.78 is 0. The van der Waals surface area contributed by atoms with Crippen LogP contribution in [0.15, 0.2) is 66.7 Å². The number of anilines is 1. The molecule has 28 heavy (non-hydrogen) atoms. The molecular formula is C23H22N2O3. The molecule has 5 nitrogen and oxygen atoms in total. The number of Topliss-reactive ketones (excluding diaryl/α,β-unsaturated/α-hetero) is 1. The van der Waals surface area contributed by atoms with Crippen LogP contribution in [-0.2, 0) is 16.0 Å². The number of nitrogens with one attached hydrogen (secondary N) is 2. The number of benzene rings is 3. The molecule has 0 aliphatic heterocycles. The molecule has 3 aromatic rings. The van der Waals surface area contributed by atoms with Gasteiger partial charge in [0.15, 0.2) is 5.78 Å². The van der Waals surface area contributed by atoms with Crippen molar-refractivity contribution < 1.29 is 14.4 Å². The Morgan fingerprint density at radius 1 is 0.929 bits per heavy atom. The van der Waals surface area contributed by atoms with Crippen molar-refractivity contribution in [2.45, 2.75) is 26.3 Å². The van der Waals surface area contributed by atoms with Gasteiger partial charge in [-0.15, -0.1) is 0 Å². The van der Waals surface area contributed by atoms with Gasteiger partial charge in [0, 0.05) is 11.3 Å². The first-order chi connectivity index (χ1) is 13.4. The van der Waals surface area contributed by atoms with E-state index in [0.717, 1.165) is 16.3 Å². The molecule has 2 N–H and O–H groups in total. The monoisotopic (exact) mass is 374 g/mol. The predicted molar refractivity (Wildman–Crippen MR) is 110 cm³/mol. The highest BCUT2D eigenvalue weighted by Gasteiger charge is 2.17. The zero-order chi connectivity index (χ0) is 20.1. The summed E-state index contributed by atoms with van der Waals surface area (Å²) in [6.45, 7) is 3.10. The lowest BCUT2D eigenvalue weighted by Gasteiger charge is -2.15. The van der Waals surface area contributed by atoms with Crippen LogP contribution >= 0.6 is 0 Å². The maximum Gasteiger partial charge on any atom is 0.246 e. The number of ketones is 1. The average molecular weight is 374 g/mol. The van der Waals surface area contributed by atoms with Gasteiger partial charge in [-0.25, -0.2) is 0 Å². The summed E-state index contributed by atoms with van der Waals surface area (Å²) in [6.07, 6.45) is 0.193. The Morgan fingerprint density at radius 3 is 2.43 bits per heavy atom. The van der Waals surface area contributed by atoms with E-state index in [-0.39, 0.29) is 24.0 Å². The van der Waals surface area contributed by atoms with Crippen molar-refractivity contribution in [2.75, 3.05) is 5.32 Å². The molecule has 2 amide bonds. The number of fused-ring (bicyclic) bond motifs is 1. The van der Waals surface area contributed by atoms with E-state index in [9.17, 15) is 14.4 Å². The second kappa shape index (κ2) is 8.48. The molecule has 0 fully saturated rings. The van der Waals surface area contributed by atoms with E-state index in [4.69, 9.17) is 0 Å². The van der Waals surface area contributed by atoms with Crippen molar-refractivity contribution in [3.63, 3.8) is 0 Å². The van der Waals surface area contributed by atoms with E-state index >= 15 is 0 Å². The summed E-state index contributed by atoms with van der Waals surface area (Å²) in [7, 11) is 0. The van der Waals surface area contributed by atoms with Gasteiger partial charge in [-0.3, -0.25) is 14.4 Å². The zero-order valence-electron chi connectivity index (χ0n) is 15.9. The molecule has 0 bridgehead atoms. The Kier molecular flexibility index (Phi) is 5.84. The first-order valence-corrected chi connectivity index (χ1v) is 9.12. The van der Waals surface area contributed by atoms with Crippen LogP contribution in [0.25, 0.3) is 10.8 Å². The summed E-state index contributed by atoms with van der Waals surface area (Å²) >= 11 is 0. The second-order valence-electron chi connectivity index (χ2n) is 6.73. The number of carbonyl (C=O) groups excluding carboxylic acids is 3. The summed E-state index contributed by atoms with van der Waals surface area (Å²) in [5, 5.41) is 7.56. The highest BCUT2D eigenvalue weighted by molar-refractivity contribution is 6.00. The standard InChI is InChI=1S/C23H22N2O3/c1-15(23(28)25-20-11-6-9-18(13-20)16(2)26)24-22(27)14-19-10-5-8-17-7-3-4-12-21(17)19/h3-13,15H,14H2,1-2H3,(H,24,27)(H,25,28). The van der Waals surface area contributed by atoms with Crippen LogP contribution in [0.1, 0.15) is 29.8 Å². The predicted octanol–water partition coefficient (Wildman–Crippen LogP) is 3.73. The van der Waals surface area contributed by atoms with Gasteiger partial charge >= 0.3 is 0 Å². The lowest BCUT2D eigenvalue weighted by atomic mass is 10.0. The molecule has 0 aliphatic carbocycles. The fourth-order valence-electron chi connectivity index (χ4n) is 3.04. The third-order valence-corrected chi connectivity index (χ3v) is 4.54. The molecule has 5 heteroatoms. The number of hydrogen-bond acceptors (Lipinski definition) is 3. The minimum atomic E-state index is -0.705. The topological polar surface area (TPSA) is 75.3 Å². The molecule has 1 unspecified atom stereocenters. The Morgan fingerprint density at radius 2 is 1.64 bits per heavy atom. The van der Waals surface area contributed by atoms with Crippen molar-refractivity contribution in [3.8, 4) is 0 Å². The van der Waals surface area contributed by atoms with Crippen LogP contribution in [0, 0.1) is 0 Å². The van der Waals surface area contributed by atoms with Crippen LogP contribution in [0.2, 0.25) is 0 Å². The summed E-state index contributed by atoms with van der Waals surface area (Å²) in [6, 6.07) is 19.7. The van der Waals surface area contributed by atoms with E-state index in [2.05, 4.69) is 10.6 Å². The van der Waals surface area contributed by atoms with E-state index in [0.29, 0.717) is 11.3 Å². The number of carbonyl (C=O) groups is 3. The van der Waals surface area contributed by atoms with Crippen molar-refractivity contribution in [3.05, 3.63) is 77.9 Å². The maximum absolute atomic E-state index is 12.4. The lowest BCUT2D eigenvalue weighted by Crippen LogP contribution is -2.42. The minimum Gasteiger partial charge on any atom is -0.344 e. The van der Waals surface area contributed by atoms with Gasteiger partial charge in [-0.2, -0.15) is 0 Å². The van der Waals surface area contributed by atoms with Gasteiger partial charge in [-0.05, 0) is 42.3 Å². The van der Waals surface area contributed by atoms with Gasteiger partial charge in [0.05, 0.1) is 6.42 Å². The normalized spacial score (nSPS) is 11.6. The molecule has 0 aliphatic rings.